The maximum absolute atomic E-state index is 3.67. The highest BCUT2D eigenvalue weighted by Gasteiger charge is 2.09. The molecule has 0 saturated carbocycles. The van der Waals surface area contributed by atoms with Crippen LogP contribution in [0.1, 0.15) is 36.6 Å². The van der Waals surface area contributed by atoms with Crippen LogP contribution in [0.2, 0.25) is 0 Å². The monoisotopic (exact) mass is 331 g/mol. The first-order chi connectivity index (χ1) is 9.54. The van der Waals surface area contributed by atoms with Gasteiger partial charge in [-0.1, -0.05) is 57.9 Å². The van der Waals surface area contributed by atoms with Crippen molar-refractivity contribution >= 4 is 15.9 Å². The minimum Gasteiger partial charge on any atom is -0.307 e. The highest BCUT2D eigenvalue weighted by molar-refractivity contribution is 9.10. The molecule has 2 aromatic rings. The van der Waals surface area contributed by atoms with Gasteiger partial charge in [-0.15, -0.1) is 0 Å². The molecule has 0 radical (unpaired) electrons. The molecule has 2 rings (SSSR count). The van der Waals surface area contributed by atoms with Crippen molar-refractivity contribution in [2.45, 2.75) is 39.3 Å². The molecule has 2 heteroatoms. The summed E-state index contributed by atoms with van der Waals surface area (Å²) in [6.45, 7) is 6.59. The van der Waals surface area contributed by atoms with Gasteiger partial charge < -0.3 is 5.32 Å². The van der Waals surface area contributed by atoms with Crippen LogP contribution < -0.4 is 5.32 Å². The fourth-order valence-electron chi connectivity index (χ4n) is 2.41. The van der Waals surface area contributed by atoms with Crippen LogP contribution >= 0.6 is 15.9 Å². The smallest absolute Gasteiger partial charge is 0.0294 e. The number of hydrogen-bond acceptors (Lipinski definition) is 1. The molecule has 0 spiro atoms. The lowest BCUT2D eigenvalue weighted by Gasteiger charge is -2.20. The zero-order chi connectivity index (χ0) is 14.5. The van der Waals surface area contributed by atoms with E-state index in [2.05, 4.69) is 90.5 Å². The summed E-state index contributed by atoms with van der Waals surface area (Å²) in [4.78, 5) is 0. The second-order valence-electron chi connectivity index (χ2n) is 5.53. The first kappa shape index (κ1) is 15.3. The molecular weight excluding hydrogens is 310 g/mol. The Morgan fingerprint density at radius 2 is 1.55 bits per heavy atom. The number of hydrogen-bond donors (Lipinski definition) is 1. The van der Waals surface area contributed by atoms with Gasteiger partial charge in [0.2, 0.25) is 0 Å². The van der Waals surface area contributed by atoms with E-state index < -0.39 is 0 Å². The molecule has 1 nitrogen and oxygen atoms in total. The molecule has 2 aromatic carbocycles. The molecule has 0 bridgehead atoms. The van der Waals surface area contributed by atoms with E-state index in [1.807, 2.05) is 0 Å². The topological polar surface area (TPSA) is 12.0 Å². The van der Waals surface area contributed by atoms with E-state index in [0.29, 0.717) is 12.1 Å². The molecule has 0 saturated heterocycles. The zero-order valence-corrected chi connectivity index (χ0v) is 13.9. The molecule has 20 heavy (non-hydrogen) atoms. The zero-order valence-electron chi connectivity index (χ0n) is 12.4. The average Bonchev–Trinajstić information content (AvgIpc) is 2.42. The van der Waals surface area contributed by atoms with Crippen LogP contribution in [0.25, 0.3) is 0 Å². The third-order valence-corrected chi connectivity index (χ3v) is 4.10. The number of halogens is 1. The summed E-state index contributed by atoms with van der Waals surface area (Å²) >= 11 is 3.47. The average molecular weight is 332 g/mol. The van der Waals surface area contributed by atoms with Crippen molar-refractivity contribution < 1.29 is 0 Å². The summed E-state index contributed by atoms with van der Waals surface area (Å²) < 4.78 is 1.13. The SMILES string of the molecule is Cc1ccc([C@H](C)NC(C)Cc2ccc(Br)cc2)cc1. The van der Waals surface area contributed by atoms with Crippen molar-refractivity contribution in [3.63, 3.8) is 0 Å². The van der Waals surface area contributed by atoms with Crippen LogP contribution in [0, 0.1) is 6.92 Å². The quantitative estimate of drug-likeness (QED) is 0.809. The minimum absolute atomic E-state index is 0.376. The third-order valence-electron chi connectivity index (χ3n) is 3.57. The fraction of sp³-hybridized carbons (Fsp3) is 0.333. The number of nitrogens with one attached hydrogen (secondary N) is 1. The third kappa shape index (κ3) is 4.46. The summed E-state index contributed by atoms with van der Waals surface area (Å²) in [5.74, 6) is 0. The summed E-state index contributed by atoms with van der Waals surface area (Å²) in [7, 11) is 0. The summed E-state index contributed by atoms with van der Waals surface area (Å²) in [6, 6.07) is 18.2. The molecular formula is C18H22BrN. The molecule has 0 aliphatic heterocycles. The van der Waals surface area contributed by atoms with Gasteiger partial charge in [0.25, 0.3) is 0 Å². The van der Waals surface area contributed by atoms with E-state index in [4.69, 9.17) is 0 Å². The minimum atomic E-state index is 0.376. The van der Waals surface area contributed by atoms with Gasteiger partial charge in [-0.05, 0) is 50.5 Å². The van der Waals surface area contributed by atoms with Gasteiger partial charge in [0.15, 0.2) is 0 Å². The van der Waals surface area contributed by atoms with Crippen molar-refractivity contribution in [2.75, 3.05) is 0 Å². The maximum atomic E-state index is 3.67. The van der Waals surface area contributed by atoms with E-state index in [1.165, 1.54) is 16.7 Å². The van der Waals surface area contributed by atoms with Gasteiger partial charge in [-0.25, -0.2) is 0 Å². The van der Waals surface area contributed by atoms with E-state index in [1.54, 1.807) is 0 Å². The molecule has 1 N–H and O–H groups in total. The molecule has 0 heterocycles. The predicted octanol–water partition coefficient (Wildman–Crippen LogP) is 5.04. The van der Waals surface area contributed by atoms with Crippen molar-refractivity contribution in [1.82, 2.24) is 5.32 Å². The van der Waals surface area contributed by atoms with E-state index in [-0.39, 0.29) is 0 Å². The fourth-order valence-corrected chi connectivity index (χ4v) is 2.68. The van der Waals surface area contributed by atoms with Gasteiger partial charge in [-0.3, -0.25) is 0 Å². The standard InChI is InChI=1S/C18H22BrN/c1-13-4-8-17(9-5-13)15(3)20-14(2)12-16-6-10-18(19)11-7-16/h4-11,14-15,20H,12H2,1-3H3/t14?,15-/m0/s1. The Morgan fingerprint density at radius 1 is 0.950 bits per heavy atom. The van der Waals surface area contributed by atoms with Crippen molar-refractivity contribution in [1.29, 1.82) is 0 Å². The lowest BCUT2D eigenvalue weighted by molar-refractivity contribution is 0.477. The van der Waals surface area contributed by atoms with Crippen LogP contribution in [0.3, 0.4) is 0 Å². The summed E-state index contributed by atoms with van der Waals surface area (Å²) in [5.41, 5.74) is 4.02. The van der Waals surface area contributed by atoms with Crippen LogP contribution in [-0.4, -0.2) is 6.04 Å². The Bertz CT molecular complexity index is 530. The van der Waals surface area contributed by atoms with Crippen molar-refractivity contribution in [2.24, 2.45) is 0 Å². The predicted molar refractivity (Wildman–Crippen MR) is 90.0 cm³/mol. The maximum Gasteiger partial charge on any atom is 0.0294 e. The van der Waals surface area contributed by atoms with Gasteiger partial charge >= 0.3 is 0 Å². The first-order valence-corrected chi connectivity index (χ1v) is 7.91. The van der Waals surface area contributed by atoms with E-state index in [0.717, 1.165) is 10.9 Å². The van der Waals surface area contributed by atoms with Crippen LogP contribution in [0.15, 0.2) is 53.0 Å². The van der Waals surface area contributed by atoms with Crippen LogP contribution in [0.5, 0.6) is 0 Å². The molecule has 0 aliphatic carbocycles. The molecule has 0 aromatic heterocycles. The number of rotatable bonds is 5. The Labute approximate surface area is 130 Å². The molecule has 106 valence electrons. The van der Waals surface area contributed by atoms with Crippen LogP contribution in [-0.2, 0) is 6.42 Å². The van der Waals surface area contributed by atoms with E-state index in [9.17, 15) is 0 Å². The van der Waals surface area contributed by atoms with E-state index >= 15 is 0 Å². The normalized spacial score (nSPS) is 14.0. The highest BCUT2D eigenvalue weighted by Crippen LogP contribution is 2.16. The lowest BCUT2D eigenvalue weighted by atomic mass is 10.0. The Kier molecular flexibility index (Phi) is 5.38. The van der Waals surface area contributed by atoms with Crippen molar-refractivity contribution in [3.05, 3.63) is 69.7 Å². The summed E-state index contributed by atoms with van der Waals surface area (Å²) in [5, 5.41) is 3.67. The Morgan fingerprint density at radius 3 is 2.15 bits per heavy atom. The van der Waals surface area contributed by atoms with Gasteiger partial charge in [0, 0.05) is 16.6 Å². The van der Waals surface area contributed by atoms with Gasteiger partial charge in [0.05, 0.1) is 0 Å². The number of aryl methyl sites for hydroxylation is 1. The Balaban J connectivity index is 1.92. The molecule has 2 atom stereocenters. The second-order valence-corrected chi connectivity index (χ2v) is 6.45. The first-order valence-electron chi connectivity index (χ1n) is 7.11. The molecule has 0 aliphatic rings. The van der Waals surface area contributed by atoms with Crippen LogP contribution in [0.4, 0.5) is 0 Å². The number of benzene rings is 2. The lowest BCUT2D eigenvalue weighted by Crippen LogP contribution is -2.30. The molecule has 0 fully saturated rings. The van der Waals surface area contributed by atoms with Gasteiger partial charge in [0.1, 0.15) is 0 Å². The molecule has 0 amide bonds. The Hall–Kier alpha value is -1.12. The highest BCUT2D eigenvalue weighted by atomic mass is 79.9. The second kappa shape index (κ2) is 7.05. The largest absolute Gasteiger partial charge is 0.307 e. The van der Waals surface area contributed by atoms with Gasteiger partial charge in [-0.2, -0.15) is 0 Å². The summed E-state index contributed by atoms with van der Waals surface area (Å²) in [6.07, 6.45) is 1.05. The van der Waals surface area contributed by atoms with Crippen molar-refractivity contribution in [3.8, 4) is 0 Å². The molecule has 1 unspecified atom stereocenters.